The minimum absolute atomic E-state index is 0.391. The van der Waals surface area contributed by atoms with Crippen LogP contribution in [0.4, 0.5) is 10.5 Å². The van der Waals surface area contributed by atoms with Crippen molar-refractivity contribution in [2.75, 3.05) is 12.4 Å². The van der Waals surface area contributed by atoms with Crippen LogP contribution in [0.1, 0.15) is 25.3 Å². The quantitative estimate of drug-likeness (QED) is 0.633. The first-order valence-corrected chi connectivity index (χ1v) is 5.06. The molecular weight excluding hydrogens is 214 g/mol. The van der Waals surface area contributed by atoms with E-state index in [-0.39, 0.29) is 0 Å². The van der Waals surface area contributed by atoms with Gasteiger partial charge < -0.3 is 10.1 Å². The van der Waals surface area contributed by atoms with Crippen molar-refractivity contribution in [2.24, 2.45) is 0 Å². The van der Waals surface area contributed by atoms with Crippen molar-refractivity contribution in [3.63, 3.8) is 0 Å². The SMILES string of the molecule is COc1ccc(C(C)C)cc1NC(=O)Cl. The Morgan fingerprint density at radius 2 is 2.13 bits per heavy atom. The number of nitrogens with one attached hydrogen (secondary N) is 1. The number of hydrogen-bond acceptors (Lipinski definition) is 2. The molecular formula is C11H14ClNO2. The molecule has 0 aliphatic rings. The van der Waals surface area contributed by atoms with E-state index in [0.29, 0.717) is 17.4 Å². The number of anilines is 1. The Balaban J connectivity index is 3.07. The van der Waals surface area contributed by atoms with Gasteiger partial charge in [-0.1, -0.05) is 19.9 Å². The zero-order valence-electron chi connectivity index (χ0n) is 9.00. The highest BCUT2D eigenvalue weighted by atomic mass is 35.5. The van der Waals surface area contributed by atoms with Crippen molar-refractivity contribution in [1.82, 2.24) is 0 Å². The molecule has 1 amide bonds. The van der Waals surface area contributed by atoms with E-state index in [1.165, 1.54) is 0 Å². The summed E-state index contributed by atoms with van der Waals surface area (Å²) >= 11 is 5.27. The summed E-state index contributed by atoms with van der Waals surface area (Å²) in [5.41, 5.74) is 1.72. The number of halogens is 1. The normalized spacial score (nSPS) is 10.2. The number of methoxy groups -OCH3 is 1. The molecule has 15 heavy (non-hydrogen) atoms. The fraction of sp³-hybridized carbons (Fsp3) is 0.364. The van der Waals surface area contributed by atoms with Gasteiger partial charge in [0.2, 0.25) is 0 Å². The standard InChI is InChI=1S/C11H14ClNO2/c1-7(2)8-4-5-10(15-3)9(6-8)13-11(12)14/h4-7H,1-3H3,(H,13,14). The molecule has 4 heteroatoms. The van der Waals surface area contributed by atoms with Gasteiger partial charge in [0.25, 0.3) is 0 Å². The maximum atomic E-state index is 10.8. The van der Waals surface area contributed by atoms with Crippen LogP contribution in [-0.2, 0) is 0 Å². The Kier molecular flexibility index (Phi) is 3.97. The van der Waals surface area contributed by atoms with Gasteiger partial charge in [0, 0.05) is 0 Å². The molecule has 0 aliphatic carbocycles. The second-order valence-corrected chi connectivity index (χ2v) is 3.86. The summed E-state index contributed by atoms with van der Waals surface area (Å²) in [6.07, 6.45) is 0. The van der Waals surface area contributed by atoms with Crippen LogP contribution in [0.3, 0.4) is 0 Å². The number of ether oxygens (including phenoxy) is 1. The lowest BCUT2D eigenvalue weighted by atomic mass is 10.0. The first-order chi connectivity index (χ1) is 7.04. The van der Waals surface area contributed by atoms with Crippen molar-refractivity contribution >= 4 is 22.7 Å². The molecule has 1 rings (SSSR count). The third kappa shape index (κ3) is 3.13. The van der Waals surface area contributed by atoms with Gasteiger partial charge >= 0.3 is 5.37 Å². The Labute approximate surface area is 94.4 Å². The van der Waals surface area contributed by atoms with Crippen LogP contribution >= 0.6 is 11.6 Å². The second kappa shape index (κ2) is 5.03. The van der Waals surface area contributed by atoms with Crippen molar-refractivity contribution in [3.05, 3.63) is 23.8 Å². The molecule has 0 atom stereocenters. The topological polar surface area (TPSA) is 38.3 Å². The molecule has 82 valence electrons. The van der Waals surface area contributed by atoms with Crippen LogP contribution in [0.25, 0.3) is 0 Å². The molecule has 0 heterocycles. The molecule has 0 saturated heterocycles. The smallest absolute Gasteiger partial charge is 0.318 e. The highest BCUT2D eigenvalue weighted by Crippen LogP contribution is 2.28. The van der Waals surface area contributed by atoms with Gasteiger partial charge in [-0.05, 0) is 35.2 Å². The Bertz CT molecular complexity index is 364. The lowest BCUT2D eigenvalue weighted by molar-refractivity contribution is 0.269. The fourth-order valence-electron chi connectivity index (χ4n) is 1.29. The minimum Gasteiger partial charge on any atom is -0.495 e. The predicted molar refractivity (Wildman–Crippen MR) is 62.0 cm³/mol. The summed E-state index contributed by atoms with van der Waals surface area (Å²) in [5, 5.41) is 1.90. The monoisotopic (exact) mass is 227 g/mol. The summed E-state index contributed by atoms with van der Waals surface area (Å²) in [6.45, 7) is 4.15. The molecule has 1 N–H and O–H groups in total. The van der Waals surface area contributed by atoms with E-state index in [0.717, 1.165) is 5.56 Å². The third-order valence-electron chi connectivity index (χ3n) is 2.12. The Hall–Kier alpha value is -1.22. The van der Waals surface area contributed by atoms with Crippen LogP contribution < -0.4 is 10.1 Å². The number of hydrogen-bond donors (Lipinski definition) is 1. The number of carbonyl (C=O) groups excluding carboxylic acids is 1. The maximum Gasteiger partial charge on any atom is 0.318 e. The maximum absolute atomic E-state index is 10.8. The molecule has 1 aromatic rings. The molecule has 0 fully saturated rings. The van der Waals surface area contributed by atoms with Crippen molar-refractivity contribution in [1.29, 1.82) is 0 Å². The van der Waals surface area contributed by atoms with Gasteiger partial charge in [-0.2, -0.15) is 0 Å². The summed E-state index contributed by atoms with van der Waals surface area (Å²) < 4.78 is 5.11. The third-order valence-corrected chi connectivity index (χ3v) is 2.22. The molecule has 0 unspecified atom stereocenters. The second-order valence-electron chi connectivity index (χ2n) is 3.51. The highest BCUT2D eigenvalue weighted by Gasteiger charge is 2.08. The fourth-order valence-corrected chi connectivity index (χ4v) is 1.39. The Morgan fingerprint density at radius 1 is 1.47 bits per heavy atom. The Morgan fingerprint density at radius 3 is 2.60 bits per heavy atom. The van der Waals surface area contributed by atoms with E-state index in [2.05, 4.69) is 19.2 Å². The summed E-state index contributed by atoms with van der Waals surface area (Å²) in [5.74, 6) is 0.996. The minimum atomic E-state index is -0.616. The van der Waals surface area contributed by atoms with Gasteiger partial charge in [-0.15, -0.1) is 0 Å². The van der Waals surface area contributed by atoms with Crippen molar-refractivity contribution in [3.8, 4) is 5.75 Å². The van der Waals surface area contributed by atoms with E-state index in [9.17, 15) is 4.79 Å². The van der Waals surface area contributed by atoms with E-state index in [4.69, 9.17) is 16.3 Å². The first kappa shape index (κ1) is 11.9. The van der Waals surface area contributed by atoms with Crippen molar-refractivity contribution < 1.29 is 9.53 Å². The van der Waals surface area contributed by atoms with E-state index < -0.39 is 5.37 Å². The van der Waals surface area contributed by atoms with Crippen LogP contribution in [-0.4, -0.2) is 12.5 Å². The van der Waals surface area contributed by atoms with E-state index in [1.807, 2.05) is 18.2 Å². The average molecular weight is 228 g/mol. The predicted octanol–water partition coefficient (Wildman–Crippen LogP) is 3.59. The van der Waals surface area contributed by atoms with Crippen molar-refractivity contribution in [2.45, 2.75) is 19.8 Å². The molecule has 0 bridgehead atoms. The molecule has 0 saturated carbocycles. The highest BCUT2D eigenvalue weighted by molar-refractivity contribution is 6.65. The zero-order valence-corrected chi connectivity index (χ0v) is 9.76. The van der Waals surface area contributed by atoms with Crippen LogP contribution in [0.15, 0.2) is 18.2 Å². The lowest BCUT2D eigenvalue weighted by Gasteiger charge is -2.12. The molecule has 0 spiro atoms. The molecule has 0 radical (unpaired) electrons. The van der Waals surface area contributed by atoms with E-state index >= 15 is 0 Å². The summed E-state index contributed by atoms with van der Waals surface area (Å²) in [4.78, 5) is 10.8. The number of benzene rings is 1. The largest absolute Gasteiger partial charge is 0.495 e. The lowest BCUT2D eigenvalue weighted by Crippen LogP contribution is -2.04. The van der Waals surface area contributed by atoms with E-state index in [1.54, 1.807) is 7.11 Å². The van der Waals surface area contributed by atoms with Gasteiger partial charge in [0.05, 0.1) is 12.8 Å². The van der Waals surface area contributed by atoms with Gasteiger partial charge in [-0.3, -0.25) is 4.79 Å². The van der Waals surface area contributed by atoms with Crippen LogP contribution in [0.2, 0.25) is 0 Å². The van der Waals surface area contributed by atoms with Gasteiger partial charge in [0.15, 0.2) is 0 Å². The first-order valence-electron chi connectivity index (χ1n) is 4.69. The van der Waals surface area contributed by atoms with Gasteiger partial charge in [-0.25, -0.2) is 0 Å². The molecule has 0 aliphatic heterocycles. The summed E-state index contributed by atoms with van der Waals surface area (Å²) in [7, 11) is 1.55. The van der Waals surface area contributed by atoms with Crippen LogP contribution in [0, 0.1) is 0 Å². The number of carbonyl (C=O) groups is 1. The average Bonchev–Trinajstić information content (AvgIpc) is 2.16. The zero-order chi connectivity index (χ0) is 11.4. The molecule has 0 aromatic heterocycles. The summed E-state index contributed by atoms with van der Waals surface area (Å²) in [6, 6.07) is 5.65. The van der Waals surface area contributed by atoms with Crippen LogP contribution in [0.5, 0.6) is 5.75 Å². The number of rotatable bonds is 3. The molecule has 1 aromatic carbocycles. The van der Waals surface area contributed by atoms with Gasteiger partial charge in [0.1, 0.15) is 5.75 Å². The molecule has 3 nitrogen and oxygen atoms in total. The number of amides is 1.